The molecule has 1 N–H and O–H groups in total. The van der Waals surface area contributed by atoms with Gasteiger partial charge in [0, 0.05) is 19.2 Å². The van der Waals surface area contributed by atoms with Crippen LogP contribution in [0.4, 0.5) is 5.82 Å². The number of rotatable bonds is 6. The van der Waals surface area contributed by atoms with Crippen molar-refractivity contribution in [3.63, 3.8) is 0 Å². The highest BCUT2D eigenvalue weighted by Gasteiger charge is 2.12. The van der Waals surface area contributed by atoms with Crippen LogP contribution in [0.3, 0.4) is 0 Å². The fourth-order valence-electron chi connectivity index (χ4n) is 1.79. The largest absolute Gasteiger partial charge is 0.389 e. The minimum absolute atomic E-state index is 0.156. The molecule has 21 heavy (non-hydrogen) atoms. The molecule has 0 unspecified atom stereocenters. The maximum absolute atomic E-state index is 11.7. The van der Waals surface area contributed by atoms with E-state index in [1.807, 2.05) is 20.0 Å². The average Bonchev–Trinajstić information content (AvgIpc) is 3.02. The van der Waals surface area contributed by atoms with Gasteiger partial charge in [0.25, 0.3) is 0 Å². The van der Waals surface area contributed by atoms with Gasteiger partial charge in [-0.1, -0.05) is 0 Å². The Bertz CT molecular complexity index is 640. The van der Waals surface area contributed by atoms with Crippen molar-refractivity contribution >= 4 is 11.7 Å². The first-order valence-corrected chi connectivity index (χ1v) is 6.40. The van der Waals surface area contributed by atoms with E-state index in [9.17, 15) is 14.9 Å². The molecular formula is C12H16N6O3. The molecule has 0 fully saturated rings. The fourth-order valence-corrected chi connectivity index (χ4v) is 1.79. The Labute approximate surface area is 120 Å². The van der Waals surface area contributed by atoms with E-state index < -0.39 is 4.92 Å². The number of amides is 1. The molecule has 0 aromatic carbocycles. The summed E-state index contributed by atoms with van der Waals surface area (Å²) in [5.41, 5.74) is 1.81. The zero-order valence-electron chi connectivity index (χ0n) is 11.8. The zero-order chi connectivity index (χ0) is 15.4. The van der Waals surface area contributed by atoms with Crippen molar-refractivity contribution in [2.75, 3.05) is 0 Å². The third-order valence-corrected chi connectivity index (χ3v) is 3.01. The van der Waals surface area contributed by atoms with E-state index in [0.29, 0.717) is 13.1 Å². The van der Waals surface area contributed by atoms with E-state index in [1.54, 1.807) is 4.68 Å². The molecule has 0 aliphatic carbocycles. The highest BCUT2D eigenvalue weighted by atomic mass is 16.6. The molecule has 2 aromatic rings. The van der Waals surface area contributed by atoms with Gasteiger partial charge >= 0.3 is 5.82 Å². The summed E-state index contributed by atoms with van der Waals surface area (Å²) >= 11 is 0. The van der Waals surface area contributed by atoms with E-state index in [0.717, 1.165) is 11.4 Å². The quantitative estimate of drug-likeness (QED) is 0.617. The highest BCUT2D eigenvalue weighted by molar-refractivity contribution is 5.75. The molecule has 9 heteroatoms. The van der Waals surface area contributed by atoms with Gasteiger partial charge in [-0.3, -0.25) is 9.48 Å². The second-order valence-electron chi connectivity index (χ2n) is 4.62. The van der Waals surface area contributed by atoms with Gasteiger partial charge in [-0.05, 0) is 17.9 Å². The predicted molar refractivity (Wildman–Crippen MR) is 73.3 cm³/mol. The lowest BCUT2D eigenvalue weighted by atomic mass is 10.3. The van der Waals surface area contributed by atoms with E-state index in [4.69, 9.17) is 0 Å². The molecule has 0 radical (unpaired) electrons. The summed E-state index contributed by atoms with van der Waals surface area (Å²) in [4.78, 5) is 21.6. The number of aryl methyl sites for hydroxylation is 3. The summed E-state index contributed by atoms with van der Waals surface area (Å²) in [6.07, 6.45) is 1.68. The summed E-state index contributed by atoms with van der Waals surface area (Å²) in [6.45, 7) is 2.59. The van der Waals surface area contributed by atoms with E-state index in [-0.39, 0.29) is 18.1 Å². The summed E-state index contributed by atoms with van der Waals surface area (Å²) in [6, 6.07) is 3.20. The molecule has 0 spiro atoms. The lowest BCUT2D eigenvalue weighted by Gasteiger charge is -2.02. The van der Waals surface area contributed by atoms with Crippen LogP contribution in [0, 0.1) is 17.0 Å². The van der Waals surface area contributed by atoms with Crippen LogP contribution in [0.2, 0.25) is 0 Å². The Kier molecular flexibility index (Phi) is 4.31. The van der Waals surface area contributed by atoms with Gasteiger partial charge in [-0.15, -0.1) is 0 Å². The molecule has 0 atom stereocenters. The summed E-state index contributed by atoms with van der Waals surface area (Å²) < 4.78 is 3.12. The number of hydrogen-bond donors (Lipinski definition) is 1. The van der Waals surface area contributed by atoms with Gasteiger partial charge in [0.1, 0.15) is 0 Å². The van der Waals surface area contributed by atoms with E-state index in [2.05, 4.69) is 15.5 Å². The van der Waals surface area contributed by atoms with Gasteiger partial charge in [0.2, 0.25) is 5.91 Å². The first kappa shape index (κ1) is 14.7. The lowest BCUT2D eigenvalue weighted by Crippen LogP contribution is -2.24. The number of nitrogens with zero attached hydrogens (tertiary/aromatic N) is 5. The first-order valence-electron chi connectivity index (χ1n) is 6.40. The van der Waals surface area contributed by atoms with Gasteiger partial charge in [0.15, 0.2) is 0 Å². The Morgan fingerprint density at radius 1 is 1.48 bits per heavy atom. The van der Waals surface area contributed by atoms with Crippen LogP contribution < -0.4 is 5.32 Å². The topological polar surface area (TPSA) is 108 Å². The maximum Gasteiger partial charge on any atom is 0.389 e. The van der Waals surface area contributed by atoms with Crippen LogP contribution >= 0.6 is 0 Å². The molecule has 0 bridgehead atoms. The summed E-state index contributed by atoms with van der Waals surface area (Å²) in [5.74, 6) is -0.379. The Hall–Kier alpha value is -2.71. The third-order valence-electron chi connectivity index (χ3n) is 3.01. The van der Waals surface area contributed by atoms with Crippen LogP contribution in [0.25, 0.3) is 0 Å². The monoisotopic (exact) mass is 292 g/mol. The number of nitrogens with one attached hydrogen (secondary N) is 1. The molecule has 1 amide bonds. The maximum atomic E-state index is 11.7. The smallest absolute Gasteiger partial charge is 0.358 e. The van der Waals surface area contributed by atoms with E-state index >= 15 is 0 Å². The molecule has 9 nitrogen and oxygen atoms in total. The molecule has 0 aliphatic heterocycles. The molecule has 112 valence electrons. The minimum Gasteiger partial charge on any atom is -0.358 e. The van der Waals surface area contributed by atoms with Crippen molar-refractivity contribution in [3.05, 3.63) is 39.8 Å². The Balaban J connectivity index is 1.77. The number of carbonyl (C=O) groups is 1. The summed E-state index contributed by atoms with van der Waals surface area (Å²) in [5, 5.41) is 21.2. The van der Waals surface area contributed by atoms with Crippen LogP contribution in [0.15, 0.2) is 18.3 Å². The van der Waals surface area contributed by atoms with Crippen molar-refractivity contribution in [2.45, 2.75) is 26.4 Å². The molecule has 0 saturated carbocycles. The van der Waals surface area contributed by atoms with Crippen LogP contribution in [0.5, 0.6) is 0 Å². The molecule has 0 saturated heterocycles. The molecule has 2 aromatic heterocycles. The number of carbonyl (C=O) groups excluding carboxylic acids is 1. The molecule has 2 heterocycles. The minimum atomic E-state index is -0.569. The van der Waals surface area contributed by atoms with Crippen LogP contribution in [-0.4, -0.2) is 30.4 Å². The van der Waals surface area contributed by atoms with Gasteiger partial charge < -0.3 is 15.4 Å². The Morgan fingerprint density at radius 3 is 2.81 bits per heavy atom. The molecule has 2 rings (SSSR count). The van der Waals surface area contributed by atoms with Gasteiger partial charge in [-0.2, -0.15) is 9.78 Å². The molecular weight excluding hydrogens is 276 g/mol. The van der Waals surface area contributed by atoms with Crippen molar-refractivity contribution in [1.82, 2.24) is 24.9 Å². The van der Waals surface area contributed by atoms with Gasteiger partial charge in [0.05, 0.1) is 36.1 Å². The number of hydrogen-bond acceptors (Lipinski definition) is 5. The zero-order valence-corrected chi connectivity index (χ0v) is 11.8. The van der Waals surface area contributed by atoms with Crippen molar-refractivity contribution in [3.8, 4) is 0 Å². The second kappa shape index (κ2) is 6.16. The predicted octanol–water partition coefficient (Wildman–Crippen LogP) is 0.540. The SMILES string of the molecule is Cc1cc(CNC(=O)CCn2ccc([N+](=O)[O-])n2)nn1C. The second-order valence-corrected chi connectivity index (χ2v) is 4.62. The van der Waals surface area contributed by atoms with Crippen molar-refractivity contribution in [1.29, 1.82) is 0 Å². The Morgan fingerprint density at radius 2 is 2.24 bits per heavy atom. The average molecular weight is 292 g/mol. The van der Waals surface area contributed by atoms with Gasteiger partial charge in [-0.25, -0.2) is 0 Å². The highest BCUT2D eigenvalue weighted by Crippen LogP contribution is 2.05. The van der Waals surface area contributed by atoms with E-state index in [1.165, 1.54) is 16.9 Å². The van der Waals surface area contributed by atoms with Crippen molar-refractivity contribution in [2.24, 2.45) is 7.05 Å². The normalized spacial score (nSPS) is 10.6. The summed E-state index contributed by atoms with van der Waals surface area (Å²) in [7, 11) is 1.84. The number of aromatic nitrogens is 4. The third kappa shape index (κ3) is 3.88. The van der Waals surface area contributed by atoms with Crippen LogP contribution in [0.1, 0.15) is 17.8 Å². The standard InChI is InChI=1S/C12H16N6O3/c1-9-7-10(14-16(9)2)8-13-12(19)4-6-17-5-3-11(15-17)18(20)21/h3,5,7H,4,6,8H2,1-2H3,(H,13,19). The van der Waals surface area contributed by atoms with Crippen molar-refractivity contribution < 1.29 is 9.72 Å². The molecule has 0 aliphatic rings. The number of nitro groups is 1. The fraction of sp³-hybridized carbons (Fsp3) is 0.417. The lowest BCUT2D eigenvalue weighted by molar-refractivity contribution is -0.389. The van der Waals surface area contributed by atoms with Crippen LogP contribution in [-0.2, 0) is 24.9 Å². The first-order chi connectivity index (χ1) is 9.95.